The van der Waals surface area contributed by atoms with Crippen molar-refractivity contribution in [2.45, 2.75) is 13.3 Å². The monoisotopic (exact) mass is 265 g/mol. The maximum absolute atomic E-state index is 13.4. The van der Waals surface area contributed by atoms with E-state index in [0.717, 1.165) is 19.5 Å². The number of hydrogen-bond donors (Lipinski definition) is 3. The van der Waals surface area contributed by atoms with Crippen LogP contribution in [0.3, 0.4) is 0 Å². The Morgan fingerprint density at radius 3 is 3.00 bits per heavy atom. The van der Waals surface area contributed by atoms with E-state index in [1.54, 1.807) is 18.2 Å². The molecule has 1 aliphatic rings. The molecule has 19 heavy (non-hydrogen) atoms. The number of para-hydroxylation sites is 1. The molecule has 0 radical (unpaired) electrons. The number of piperidine rings is 1. The first-order valence-electron chi connectivity index (χ1n) is 6.67. The van der Waals surface area contributed by atoms with E-state index in [4.69, 9.17) is 0 Å². The molecule has 0 spiro atoms. The summed E-state index contributed by atoms with van der Waals surface area (Å²) >= 11 is 0. The molecule has 0 aromatic heterocycles. The Labute approximate surface area is 112 Å². The minimum atomic E-state index is -0.423. The van der Waals surface area contributed by atoms with Gasteiger partial charge >= 0.3 is 6.03 Å². The van der Waals surface area contributed by atoms with Crippen molar-refractivity contribution in [3.8, 4) is 0 Å². The van der Waals surface area contributed by atoms with Gasteiger partial charge in [0.15, 0.2) is 0 Å². The van der Waals surface area contributed by atoms with Crippen LogP contribution >= 0.6 is 0 Å². The zero-order chi connectivity index (χ0) is 13.7. The van der Waals surface area contributed by atoms with Crippen molar-refractivity contribution in [3.63, 3.8) is 0 Å². The summed E-state index contributed by atoms with van der Waals surface area (Å²) in [4.78, 5) is 11.7. The van der Waals surface area contributed by atoms with Crippen LogP contribution in [-0.2, 0) is 0 Å². The van der Waals surface area contributed by atoms with Crippen molar-refractivity contribution < 1.29 is 9.18 Å². The smallest absolute Gasteiger partial charge is 0.319 e. The summed E-state index contributed by atoms with van der Waals surface area (Å²) in [7, 11) is 0. The molecular weight excluding hydrogens is 245 g/mol. The van der Waals surface area contributed by atoms with Gasteiger partial charge in [0.2, 0.25) is 0 Å². The molecule has 1 aliphatic heterocycles. The summed E-state index contributed by atoms with van der Waals surface area (Å²) in [5.41, 5.74) is 0.207. The van der Waals surface area contributed by atoms with Crippen LogP contribution in [0.4, 0.5) is 14.9 Å². The maximum Gasteiger partial charge on any atom is 0.319 e. The quantitative estimate of drug-likeness (QED) is 0.784. The number of nitrogens with one attached hydrogen (secondary N) is 3. The average Bonchev–Trinajstić information content (AvgIpc) is 2.40. The number of hydrogen-bond acceptors (Lipinski definition) is 2. The van der Waals surface area contributed by atoms with Crippen LogP contribution in [0, 0.1) is 17.7 Å². The van der Waals surface area contributed by atoms with Crippen LogP contribution in [-0.4, -0.2) is 25.7 Å². The largest absolute Gasteiger partial charge is 0.338 e. The second-order valence-corrected chi connectivity index (χ2v) is 5.05. The van der Waals surface area contributed by atoms with Gasteiger partial charge in [0.1, 0.15) is 5.82 Å². The van der Waals surface area contributed by atoms with E-state index in [9.17, 15) is 9.18 Å². The van der Waals surface area contributed by atoms with Gasteiger partial charge in [-0.2, -0.15) is 0 Å². The summed E-state index contributed by atoms with van der Waals surface area (Å²) < 4.78 is 13.4. The third-order valence-corrected chi connectivity index (χ3v) is 3.61. The topological polar surface area (TPSA) is 53.2 Å². The highest BCUT2D eigenvalue weighted by Gasteiger charge is 2.21. The van der Waals surface area contributed by atoms with Gasteiger partial charge < -0.3 is 16.0 Å². The number of halogens is 1. The Morgan fingerprint density at radius 1 is 1.47 bits per heavy atom. The van der Waals surface area contributed by atoms with Crippen molar-refractivity contribution in [2.75, 3.05) is 25.0 Å². The third-order valence-electron chi connectivity index (χ3n) is 3.61. The fourth-order valence-electron chi connectivity index (χ4n) is 2.32. The van der Waals surface area contributed by atoms with E-state index in [1.165, 1.54) is 6.07 Å². The van der Waals surface area contributed by atoms with E-state index in [-0.39, 0.29) is 11.7 Å². The SMILES string of the molecule is CC1CNCCC1CNC(=O)Nc1ccccc1F. The molecule has 5 heteroatoms. The molecule has 1 aromatic carbocycles. The van der Waals surface area contributed by atoms with E-state index in [2.05, 4.69) is 22.9 Å². The van der Waals surface area contributed by atoms with Gasteiger partial charge in [-0.15, -0.1) is 0 Å². The van der Waals surface area contributed by atoms with Crippen LogP contribution in [0.1, 0.15) is 13.3 Å². The van der Waals surface area contributed by atoms with Crippen molar-refractivity contribution >= 4 is 11.7 Å². The number of benzene rings is 1. The summed E-state index contributed by atoms with van der Waals surface area (Å²) in [5, 5.41) is 8.66. The Morgan fingerprint density at radius 2 is 2.26 bits per heavy atom. The molecule has 3 N–H and O–H groups in total. The van der Waals surface area contributed by atoms with Crippen molar-refractivity contribution in [2.24, 2.45) is 11.8 Å². The maximum atomic E-state index is 13.4. The number of rotatable bonds is 3. The molecule has 4 nitrogen and oxygen atoms in total. The van der Waals surface area contributed by atoms with E-state index in [1.807, 2.05) is 0 Å². The standard InChI is InChI=1S/C14H20FN3O/c1-10-8-16-7-6-11(10)9-17-14(19)18-13-5-3-2-4-12(13)15/h2-5,10-11,16H,6-9H2,1H3,(H2,17,18,19). The lowest BCUT2D eigenvalue weighted by atomic mass is 9.88. The molecule has 2 unspecified atom stereocenters. The molecule has 2 rings (SSSR count). The van der Waals surface area contributed by atoms with Crippen LogP contribution in [0.2, 0.25) is 0 Å². The second kappa shape index (κ2) is 6.52. The highest BCUT2D eigenvalue weighted by atomic mass is 19.1. The number of carbonyl (C=O) groups is 1. The fraction of sp³-hybridized carbons (Fsp3) is 0.500. The molecule has 104 valence electrons. The van der Waals surface area contributed by atoms with Crippen LogP contribution in [0.5, 0.6) is 0 Å². The van der Waals surface area contributed by atoms with Crippen molar-refractivity contribution in [1.82, 2.24) is 10.6 Å². The average molecular weight is 265 g/mol. The zero-order valence-corrected chi connectivity index (χ0v) is 11.1. The predicted molar refractivity (Wildman–Crippen MR) is 73.6 cm³/mol. The van der Waals surface area contributed by atoms with Gasteiger partial charge in [0, 0.05) is 6.54 Å². The molecule has 0 aliphatic carbocycles. The molecule has 2 amide bonds. The number of carbonyl (C=O) groups excluding carboxylic acids is 1. The highest BCUT2D eigenvalue weighted by molar-refractivity contribution is 5.89. The van der Waals surface area contributed by atoms with Gasteiger partial charge in [0.25, 0.3) is 0 Å². The molecule has 1 saturated heterocycles. The zero-order valence-electron chi connectivity index (χ0n) is 11.1. The Kier molecular flexibility index (Phi) is 4.74. The first kappa shape index (κ1) is 13.8. The minimum absolute atomic E-state index is 0.207. The number of urea groups is 1. The Hall–Kier alpha value is -1.62. The fourth-order valence-corrected chi connectivity index (χ4v) is 2.32. The lowest BCUT2D eigenvalue weighted by Gasteiger charge is -2.29. The summed E-state index contributed by atoms with van der Waals surface area (Å²) in [6.07, 6.45) is 1.06. The molecule has 0 saturated carbocycles. The number of anilines is 1. The van der Waals surface area contributed by atoms with Gasteiger partial charge in [0.05, 0.1) is 5.69 Å². The third kappa shape index (κ3) is 3.92. The lowest BCUT2D eigenvalue weighted by Crippen LogP contribution is -2.42. The highest BCUT2D eigenvalue weighted by Crippen LogP contribution is 2.17. The van der Waals surface area contributed by atoms with Crippen molar-refractivity contribution in [1.29, 1.82) is 0 Å². The van der Waals surface area contributed by atoms with Crippen LogP contribution in [0.25, 0.3) is 0 Å². The van der Waals surface area contributed by atoms with Gasteiger partial charge in [-0.1, -0.05) is 19.1 Å². The predicted octanol–water partition coefficient (Wildman–Crippen LogP) is 2.19. The number of amides is 2. The van der Waals surface area contributed by atoms with Crippen LogP contribution in [0.15, 0.2) is 24.3 Å². The Balaban J connectivity index is 1.80. The normalized spacial score (nSPS) is 22.8. The summed E-state index contributed by atoms with van der Waals surface area (Å²) in [5.74, 6) is 0.600. The van der Waals surface area contributed by atoms with Crippen molar-refractivity contribution in [3.05, 3.63) is 30.1 Å². The molecule has 1 fully saturated rings. The minimum Gasteiger partial charge on any atom is -0.338 e. The summed E-state index contributed by atoms with van der Waals surface area (Å²) in [6, 6.07) is 5.80. The molecule has 2 atom stereocenters. The lowest BCUT2D eigenvalue weighted by molar-refractivity contribution is 0.237. The van der Waals surface area contributed by atoms with E-state index < -0.39 is 5.82 Å². The second-order valence-electron chi connectivity index (χ2n) is 5.05. The Bertz CT molecular complexity index is 438. The molecule has 1 aromatic rings. The molecule has 1 heterocycles. The van der Waals surface area contributed by atoms with Crippen LogP contribution < -0.4 is 16.0 Å². The first-order chi connectivity index (χ1) is 9.16. The van der Waals surface area contributed by atoms with E-state index in [0.29, 0.717) is 18.4 Å². The van der Waals surface area contributed by atoms with E-state index >= 15 is 0 Å². The van der Waals surface area contributed by atoms with Gasteiger partial charge in [-0.25, -0.2) is 9.18 Å². The van der Waals surface area contributed by atoms with Gasteiger partial charge in [-0.3, -0.25) is 0 Å². The first-order valence-corrected chi connectivity index (χ1v) is 6.67. The van der Waals surface area contributed by atoms with Gasteiger partial charge in [-0.05, 0) is 43.5 Å². The summed E-state index contributed by atoms with van der Waals surface area (Å²) in [6.45, 7) is 4.78. The molecular formula is C14H20FN3O. The molecule has 0 bridgehead atoms.